The van der Waals surface area contributed by atoms with Crippen molar-refractivity contribution in [1.82, 2.24) is 0 Å². The average molecular weight is 379 g/mol. The highest BCUT2D eigenvalue weighted by atomic mass is 19.4. The molecule has 1 heterocycles. The molecule has 0 N–H and O–H groups in total. The maximum absolute atomic E-state index is 12.6. The van der Waals surface area contributed by atoms with Crippen molar-refractivity contribution in [2.24, 2.45) is 0 Å². The summed E-state index contributed by atoms with van der Waals surface area (Å²) in [5, 5.41) is 0. The predicted octanol–water partition coefficient (Wildman–Crippen LogP) is 3.72. The number of fused-ring (bicyclic) bond motifs is 1. The third-order valence-corrected chi connectivity index (χ3v) is 4.11. The molecule has 0 saturated heterocycles. The van der Waals surface area contributed by atoms with Crippen LogP contribution in [0.4, 0.5) is 18.9 Å². The van der Waals surface area contributed by atoms with Crippen LogP contribution in [0.5, 0.6) is 5.75 Å². The summed E-state index contributed by atoms with van der Waals surface area (Å²) in [5.41, 5.74) is 1.86. The van der Waals surface area contributed by atoms with E-state index in [9.17, 15) is 22.8 Å². The Morgan fingerprint density at radius 1 is 1.07 bits per heavy atom. The van der Waals surface area contributed by atoms with Crippen molar-refractivity contribution < 1.29 is 32.2 Å². The van der Waals surface area contributed by atoms with Crippen LogP contribution in [0.25, 0.3) is 0 Å². The van der Waals surface area contributed by atoms with Crippen molar-refractivity contribution in [3.63, 3.8) is 0 Å². The van der Waals surface area contributed by atoms with Crippen molar-refractivity contribution in [2.75, 3.05) is 11.4 Å². The van der Waals surface area contributed by atoms with Gasteiger partial charge < -0.3 is 14.4 Å². The van der Waals surface area contributed by atoms with Gasteiger partial charge in [0.1, 0.15) is 5.75 Å². The molecular formula is C19H16F3NO4. The molecule has 0 saturated carbocycles. The number of alkyl halides is 3. The van der Waals surface area contributed by atoms with Gasteiger partial charge in [0.05, 0.1) is 5.56 Å². The second-order valence-electron chi connectivity index (χ2n) is 5.99. The molecule has 3 rings (SSSR count). The Kier molecular flexibility index (Phi) is 5.07. The van der Waals surface area contributed by atoms with Crippen LogP contribution < -0.4 is 9.64 Å². The first kappa shape index (κ1) is 18.8. The van der Waals surface area contributed by atoms with Crippen molar-refractivity contribution >= 4 is 17.6 Å². The van der Waals surface area contributed by atoms with Gasteiger partial charge in [0.15, 0.2) is 6.10 Å². The normalized spacial score (nSPS) is 14.4. The summed E-state index contributed by atoms with van der Waals surface area (Å²) < 4.78 is 45.4. The first-order chi connectivity index (χ1) is 12.7. The molecule has 0 radical (unpaired) electrons. The number of rotatable bonds is 4. The maximum atomic E-state index is 12.6. The van der Waals surface area contributed by atoms with Crippen molar-refractivity contribution in [2.45, 2.75) is 25.8 Å². The van der Waals surface area contributed by atoms with E-state index in [1.165, 1.54) is 6.92 Å². The SMILES string of the molecule is C[C@@H](OC(=O)c1ccc(OC(F)(F)F)cc1)C(=O)N1CCc2ccccc21. The number of anilines is 1. The second-order valence-corrected chi connectivity index (χ2v) is 5.99. The third kappa shape index (κ3) is 4.39. The topological polar surface area (TPSA) is 55.8 Å². The summed E-state index contributed by atoms with van der Waals surface area (Å²) in [4.78, 5) is 26.3. The summed E-state index contributed by atoms with van der Waals surface area (Å²) in [6, 6.07) is 11.8. The molecule has 2 aromatic rings. The van der Waals surface area contributed by atoms with E-state index in [0.29, 0.717) is 6.54 Å². The summed E-state index contributed by atoms with van der Waals surface area (Å²) in [6.45, 7) is 1.96. The Labute approximate surface area is 153 Å². The zero-order valence-electron chi connectivity index (χ0n) is 14.3. The summed E-state index contributed by atoms with van der Waals surface area (Å²) >= 11 is 0. The van der Waals surface area contributed by atoms with E-state index in [2.05, 4.69) is 4.74 Å². The Morgan fingerprint density at radius 2 is 1.74 bits per heavy atom. The molecule has 0 bridgehead atoms. The van der Waals surface area contributed by atoms with E-state index in [1.54, 1.807) is 4.90 Å². The molecule has 2 aromatic carbocycles. The van der Waals surface area contributed by atoms with Gasteiger partial charge in [-0.15, -0.1) is 13.2 Å². The van der Waals surface area contributed by atoms with Gasteiger partial charge in [0.25, 0.3) is 5.91 Å². The number of benzene rings is 2. The molecule has 5 nitrogen and oxygen atoms in total. The van der Waals surface area contributed by atoms with Gasteiger partial charge in [-0.2, -0.15) is 0 Å². The van der Waals surface area contributed by atoms with Crippen LogP contribution in [0.3, 0.4) is 0 Å². The Balaban J connectivity index is 1.63. The first-order valence-corrected chi connectivity index (χ1v) is 8.21. The molecule has 0 spiro atoms. The van der Waals surface area contributed by atoms with Gasteiger partial charge in [-0.3, -0.25) is 4.79 Å². The number of para-hydroxylation sites is 1. The summed E-state index contributed by atoms with van der Waals surface area (Å²) in [6.07, 6.45) is -5.12. The summed E-state index contributed by atoms with van der Waals surface area (Å²) in [7, 11) is 0. The first-order valence-electron chi connectivity index (χ1n) is 8.21. The number of halogens is 3. The predicted molar refractivity (Wildman–Crippen MR) is 90.5 cm³/mol. The van der Waals surface area contributed by atoms with Crippen LogP contribution in [-0.4, -0.2) is 30.9 Å². The van der Waals surface area contributed by atoms with Crippen LogP contribution >= 0.6 is 0 Å². The molecule has 1 amide bonds. The van der Waals surface area contributed by atoms with E-state index >= 15 is 0 Å². The molecule has 1 atom stereocenters. The number of carbonyl (C=O) groups is 2. The lowest BCUT2D eigenvalue weighted by molar-refractivity contribution is -0.274. The monoisotopic (exact) mass is 379 g/mol. The molecule has 142 valence electrons. The van der Waals surface area contributed by atoms with E-state index < -0.39 is 24.2 Å². The number of ether oxygens (including phenoxy) is 2. The third-order valence-electron chi connectivity index (χ3n) is 4.11. The molecule has 0 aliphatic carbocycles. The number of amides is 1. The smallest absolute Gasteiger partial charge is 0.449 e. The highest BCUT2D eigenvalue weighted by Gasteiger charge is 2.32. The minimum Gasteiger partial charge on any atom is -0.449 e. The lowest BCUT2D eigenvalue weighted by Crippen LogP contribution is -2.39. The van der Waals surface area contributed by atoms with E-state index in [4.69, 9.17) is 4.74 Å². The number of nitrogens with zero attached hydrogens (tertiary/aromatic N) is 1. The van der Waals surface area contributed by atoms with Crippen LogP contribution in [0.2, 0.25) is 0 Å². The Hall–Kier alpha value is -3.03. The van der Waals surface area contributed by atoms with Gasteiger partial charge in [0.2, 0.25) is 0 Å². The molecular weight excluding hydrogens is 363 g/mol. The number of esters is 1. The highest BCUT2D eigenvalue weighted by Crippen LogP contribution is 2.28. The number of carbonyl (C=O) groups excluding carboxylic acids is 2. The standard InChI is InChI=1S/C19H16F3NO4/c1-12(17(24)23-11-10-13-4-2-3-5-16(13)23)26-18(25)14-6-8-15(9-7-14)27-19(20,21)22/h2-9,12H,10-11H2,1H3/t12-/m1/s1. The Bertz CT molecular complexity index is 849. The molecule has 0 aromatic heterocycles. The van der Waals surface area contributed by atoms with Gasteiger partial charge >= 0.3 is 12.3 Å². The molecule has 1 aliphatic heterocycles. The van der Waals surface area contributed by atoms with E-state index in [1.807, 2.05) is 24.3 Å². The van der Waals surface area contributed by atoms with Gasteiger partial charge in [-0.25, -0.2) is 4.79 Å². The quantitative estimate of drug-likeness (QED) is 0.760. The molecule has 0 fully saturated rings. The number of hydrogen-bond donors (Lipinski definition) is 0. The molecule has 27 heavy (non-hydrogen) atoms. The van der Waals surface area contributed by atoms with Crippen LogP contribution in [0, 0.1) is 0 Å². The second kappa shape index (κ2) is 7.30. The van der Waals surface area contributed by atoms with Gasteiger partial charge in [-0.05, 0) is 49.2 Å². The zero-order chi connectivity index (χ0) is 19.6. The van der Waals surface area contributed by atoms with Crippen molar-refractivity contribution in [1.29, 1.82) is 0 Å². The summed E-state index contributed by atoms with van der Waals surface area (Å²) in [5.74, 6) is -1.61. The van der Waals surface area contributed by atoms with E-state index in [0.717, 1.165) is 41.9 Å². The molecule has 0 unspecified atom stereocenters. The minimum atomic E-state index is -4.81. The lowest BCUT2D eigenvalue weighted by Gasteiger charge is -2.21. The largest absolute Gasteiger partial charge is 0.573 e. The van der Waals surface area contributed by atoms with E-state index in [-0.39, 0.29) is 11.5 Å². The van der Waals surface area contributed by atoms with Gasteiger partial charge in [-0.1, -0.05) is 18.2 Å². The fraction of sp³-hybridized carbons (Fsp3) is 0.263. The minimum absolute atomic E-state index is 0.0194. The van der Waals surface area contributed by atoms with Gasteiger partial charge in [0, 0.05) is 12.2 Å². The van der Waals surface area contributed by atoms with Crippen LogP contribution in [-0.2, 0) is 16.0 Å². The van der Waals surface area contributed by atoms with Crippen molar-refractivity contribution in [3.8, 4) is 5.75 Å². The fourth-order valence-corrected chi connectivity index (χ4v) is 2.86. The molecule has 8 heteroatoms. The molecule has 1 aliphatic rings. The number of hydrogen-bond acceptors (Lipinski definition) is 4. The lowest BCUT2D eigenvalue weighted by atomic mass is 10.2. The maximum Gasteiger partial charge on any atom is 0.573 e. The average Bonchev–Trinajstić information content (AvgIpc) is 3.04. The van der Waals surface area contributed by atoms with Crippen molar-refractivity contribution in [3.05, 3.63) is 59.7 Å². The highest BCUT2D eigenvalue weighted by molar-refractivity contribution is 6.00. The van der Waals surface area contributed by atoms with Crippen LogP contribution in [0.1, 0.15) is 22.8 Å². The van der Waals surface area contributed by atoms with Crippen LogP contribution in [0.15, 0.2) is 48.5 Å². The fourth-order valence-electron chi connectivity index (χ4n) is 2.86. The zero-order valence-corrected chi connectivity index (χ0v) is 14.3. The Morgan fingerprint density at radius 3 is 2.41 bits per heavy atom.